The van der Waals surface area contributed by atoms with Gasteiger partial charge in [-0.1, -0.05) is 18.2 Å². The summed E-state index contributed by atoms with van der Waals surface area (Å²) in [6, 6.07) is 14.8. The van der Waals surface area contributed by atoms with Gasteiger partial charge in [0.25, 0.3) is 0 Å². The lowest BCUT2D eigenvalue weighted by molar-refractivity contribution is 0.627. The van der Waals surface area contributed by atoms with E-state index in [9.17, 15) is 9.65 Å². The Kier molecular flexibility index (Phi) is 3.39. The topological polar surface area (TPSA) is 27.0 Å². The van der Waals surface area contributed by atoms with Gasteiger partial charge in [-0.25, -0.2) is 4.39 Å². The van der Waals surface area contributed by atoms with Crippen LogP contribution in [0, 0.1) is 17.1 Å². The number of benzene rings is 2. The Labute approximate surface area is 118 Å². The molecule has 0 saturated heterocycles. The quantitative estimate of drug-likeness (QED) is 0.774. The molecule has 3 heteroatoms. The van der Waals surface area contributed by atoms with Crippen molar-refractivity contribution in [1.82, 2.24) is 0 Å². The third-order valence-electron chi connectivity index (χ3n) is 3.73. The van der Waals surface area contributed by atoms with E-state index in [2.05, 4.69) is 23.1 Å². The van der Waals surface area contributed by atoms with Gasteiger partial charge in [-0.3, -0.25) is 0 Å². The maximum absolute atomic E-state index is 13.3. The number of halogens is 1. The predicted octanol–water partition coefficient (Wildman–Crippen LogP) is 4.17. The molecule has 20 heavy (non-hydrogen) atoms. The number of rotatable bonds is 1. The van der Waals surface area contributed by atoms with Crippen molar-refractivity contribution >= 4 is 11.4 Å². The number of nitrogens with zero attached hydrogens (tertiary/aromatic N) is 2. The maximum Gasteiger partial charge on any atom is 0.124 e. The van der Waals surface area contributed by atoms with Gasteiger partial charge in [0.15, 0.2) is 0 Å². The highest BCUT2D eigenvalue weighted by molar-refractivity contribution is 5.71. The highest BCUT2D eigenvalue weighted by atomic mass is 19.1. The molecule has 0 N–H and O–H groups in total. The number of para-hydroxylation sites is 1. The van der Waals surface area contributed by atoms with E-state index in [-0.39, 0.29) is 5.82 Å². The monoisotopic (exact) mass is 266 g/mol. The molecule has 2 aromatic rings. The van der Waals surface area contributed by atoms with Gasteiger partial charge in [-0.15, -0.1) is 0 Å². The van der Waals surface area contributed by atoms with Gasteiger partial charge < -0.3 is 4.90 Å². The molecule has 2 aromatic carbocycles. The fourth-order valence-corrected chi connectivity index (χ4v) is 2.77. The Morgan fingerprint density at radius 2 is 1.90 bits per heavy atom. The molecule has 2 nitrogen and oxygen atoms in total. The summed E-state index contributed by atoms with van der Waals surface area (Å²) in [6.07, 6.45) is 3.25. The zero-order chi connectivity index (χ0) is 13.9. The minimum absolute atomic E-state index is 0.367. The zero-order valence-corrected chi connectivity index (χ0v) is 11.1. The van der Waals surface area contributed by atoms with E-state index < -0.39 is 0 Å². The molecule has 1 aliphatic heterocycles. The number of hydrogen-bond acceptors (Lipinski definition) is 2. The average Bonchev–Trinajstić information content (AvgIpc) is 2.69. The van der Waals surface area contributed by atoms with Crippen LogP contribution < -0.4 is 4.90 Å². The molecule has 3 rings (SSSR count). The van der Waals surface area contributed by atoms with Crippen LogP contribution in [0.1, 0.15) is 24.0 Å². The Morgan fingerprint density at radius 1 is 1.05 bits per heavy atom. The van der Waals surface area contributed by atoms with Crippen LogP contribution >= 0.6 is 0 Å². The fraction of sp³-hybridized carbons (Fsp3) is 0.235. The molecule has 1 aliphatic rings. The predicted molar refractivity (Wildman–Crippen MR) is 77.5 cm³/mol. The van der Waals surface area contributed by atoms with E-state index in [0.717, 1.165) is 37.2 Å². The third kappa shape index (κ3) is 2.25. The van der Waals surface area contributed by atoms with Gasteiger partial charge >= 0.3 is 0 Å². The molecule has 0 bridgehead atoms. The first-order valence-electron chi connectivity index (χ1n) is 6.84. The summed E-state index contributed by atoms with van der Waals surface area (Å²) in [4.78, 5) is 2.14. The van der Waals surface area contributed by atoms with Crippen molar-refractivity contribution in [3.63, 3.8) is 0 Å². The molecule has 0 atom stereocenters. The molecule has 0 amide bonds. The summed E-state index contributed by atoms with van der Waals surface area (Å²) >= 11 is 0. The SMILES string of the molecule is N#Cc1cc(F)ccc1N1CCCCc2ccccc21. The Hall–Kier alpha value is -2.34. The highest BCUT2D eigenvalue weighted by Gasteiger charge is 2.19. The first kappa shape index (κ1) is 12.7. The van der Waals surface area contributed by atoms with Crippen LogP contribution in [-0.2, 0) is 6.42 Å². The maximum atomic E-state index is 13.3. The largest absolute Gasteiger partial charge is 0.340 e. The molecule has 0 fully saturated rings. The van der Waals surface area contributed by atoms with Gasteiger partial charge in [-0.05, 0) is 49.1 Å². The summed E-state index contributed by atoms with van der Waals surface area (Å²) in [5.41, 5.74) is 3.61. The van der Waals surface area contributed by atoms with Crippen LogP contribution in [0.2, 0.25) is 0 Å². The van der Waals surface area contributed by atoms with Crippen molar-refractivity contribution in [3.05, 3.63) is 59.4 Å². The van der Waals surface area contributed by atoms with Crippen LogP contribution in [0.3, 0.4) is 0 Å². The van der Waals surface area contributed by atoms with Crippen LogP contribution in [0.5, 0.6) is 0 Å². The third-order valence-corrected chi connectivity index (χ3v) is 3.73. The van der Waals surface area contributed by atoms with Gasteiger partial charge in [0.05, 0.1) is 11.3 Å². The standard InChI is InChI=1S/C17H15FN2/c18-15-8-9-17(14(11-15)12-19)20-10-4-3-6-13-5-1-2-7-16(13)20/h1-2,5,7-9,11H,3-4,6,10H2. The molecule has 0 radical (unpaired) electrons. The van der Waals surface area contributed by atoms with Crippen LogP contribution in [0.25, 0.3) is 0 Å². The average molecular weight is 266 g/mol. The molecular formula is C17H15FN2. The highest BCUT2D eigenvalue weighted by Crippen LogP contribution is 2.34. The number of hydrogen-bond donors (Lipinski definition) is 0. The Balaban J connectivity index is 2.13. The Morgan fingerprint density at radius 3 is 2.75 bits per heavy atom. The first-order valence-corrected chi connectivity index (χ1v) is 6.84. The van der Waals surface area contributed by atoms with E-state index in [0.29, 0.717) is 5.56 Å². The summed E-state index contributed by atoms with van der Waals surface area (Å²) in [7, 11) is 0. The molecular weight excluding hydrogens is 251 g/mol. The fourth-order valence-electron chi connectivity index (χ4n) is 2.77. The minimum Gasteiger partial charge on any atom is -0.340 e. The lowest BCUT2D eigenvalue weighted by Crippen LogP contribution is -2.19. The summed E-state index contributed by atoms with van der Waals surface area (Å²) < 4.78 is 13.3. The number of anilines is 2. The summed E-state index contributed by atoms with van der Waals surface area (Å²) in [5.74, 6) is -0.367. The second kappa shape index (κ2) is 5.34. The molecule has 0 aliphatic carbocycles. The second-order valence-corrected chi connectivity index (χ2v) is 5.01. The smallest absolute Gasteiger partial charge is 0.124 e. The molecule has 100 valence electrons. The van der Waals surface area contributed by atoms with E-state index in [4.69, 9.17) is 0 Å². The molecule has 0 aromatic heterocycles. The van der Waals surface area contributed by atoms with Crippen molar-refractivity contribution in [2.24, 2.45) is 0 Å². The van der Waals surface area contributed by atoms with E-state index in [1.165, 1.54) is 17.7 Å². The van der Waals surface area contributed by atoms with E-state index >= 15 is 0 Å². The van der Waals surface area contributed by atoms with E-state index in [1.807, 2.05) is 12.1 Å². The van der Waals surface area contributed by atoms with Crippen molar-refractivity contribution in [3.8, 4) is 6.07 Å². The summed E-state index contributed by atoms with van der Waals surface area (Å²) in [5, 5.41) is 9.25. The van der Waals surface area contributed by atoms with Crippen LogP contribution in [0.15, 0.2) is 42.5 Å². The molecule has 0 unspecified atom stereocenters. The van der Waals surface area contributed by atoms with Crippen LogP contribution in [-0.4, -0.2) is 6.54 Å². The molecule has 0 saturated carbocycles. The number of fused-ring (bicyclic) bond motifs is 1. The van der Waals surface area contributed by atoms with Gasteiger partial charge in [0.1, 0.15) is 11.9 Å². The van der Waals surface area contributed by atoms with Gasteiger partial charge in [0, 0.05) is 12.2 Å². The van der Waals surface area contributed by atoms with E-state index in [1.54, 1.807) is 6.07 Å². The van der Waals surface area contributed by atoms with Crippen molar-refractivity contribution < 1.29 is 4.39 Å². The Bertz CT molecular complexity index is 673. The van der Waals surface area contributed by atoms with Crippen molar-refractivity contribution in [2.75, 3.05) is 11.4 Å². The molecule has 0 spiro atoms. The van der Waals surface area contributed by atoms with Gasteiger partial charge in [-0.2, -0.15) is 5.26 Å². The number of aryl methyl sites for hydroxylation is 1. The van der Waals surface area contributed by atoms with Crippen molar-refractivity contribution in [2.45, 2.75) is 19.3 Å². The van der Waals surface area contributed by atoms with Crippen LogP contribution in [0.4, 0.5) is 15.8 Å². The second-order valence-electron chi connectivity index (χ2n) is 5.01. The summed E-state index contributed by atoms with van der Waals surface area (Å²) in [6.45, 7) is 0.858. The minimum atomic E-state index is -0.367. The first-order chi connectivity index (χ1) is 9.79. The number of nitriles is 1. The zero-order valence-electron chi connectivity index (χ0n) is 11.1. The van der Waals surface area contributed by atoms with Crippen molar-refractivity contribution in [1.29, 1.82) is 5.26 Å². The normalized spacial score (nSPS) is 14.3. The lowest BCUT2D eigenvalue weighted by Gasteiger charge is -2.26. The lowest BCUT2D eigenvalue weighted by atomic mass is 10.1. The van der Waals surface area contributed by atoms with Gasteiger partial charge in [0.2, 0.25) is 0 Å². The molecule has 1 heterocycles.